The maximum absolute atomic E-state index is 11.9. The highest BCUT2D eigenvalue weighted by atomic mass is 79.9. The van der Waals surface area contributed by atoms with Gasteiger partial charge in [0.05, 0.1) is 0 Å². The van der Waals surface area contributed by atoms with E-state index in [1.165, 1.54) is 6.07 Å². The van der Waals surface area contributed by atoms with E-state index >= 15 is 0 Å². The van der Waals surface area contributed by atoms with Gasteiger partial charge in [-0.05, 0) is 36.6 Å². The topological polar surface area (TPSA) is 49.3 Å². The van der Waals surface area contributed by atoms with Crippen LogP contribution in [0.15, 0.2) is 18.2 Å². The van der Waals surface area contributed by atoms with Gasteiger partial charge in [-0.1, -0.05) is 29.8 Å². The fourth-order valence-corrected chi connectivity index (χ4v) is 1.59. The van der Waals surface area contributed by atoms with Crippen LogP contribution in [-0.2, 0) is 0 Å². The first-order valence-electron chi connectivity index (χ1n) is 5.63. The lowest BCUT2D eigenvalue weighted by atomic mass is 10.1. The summed E-state index contributed by atoms with van der Waals surface area (Å²) in [6.07, 6.45) is 0. The molecule has 94 valence electrons. The van der Waals surface area contributed by atoms with Gasteiger partial charge < -0.3 is 10.4 Å². The van der Waals surface area contributed by atoms with Gasteiger partial charge in [0.25, 0.3) is 5.91 Å². The SMILES string of the molecule is Cc1cc(O)ccc1C(=O)NCC(Br)C(C)C. The fourth-order valence-electron chi connectivity index (χ4n) is 1.42. The minimum Gasteiger partial charge on any atom is -0.508 e. The Morgan fingerprint density at radius 1 is 1.47 bits per heavy atom. The molecule has 1 aromatic carbocycles. The molecule has 0 saturated heterocycles. The van der Waals surface area contributed by atoms with Crippen molar-refractivity contribution >= 4 is 21.8 Å². The predicted molar refractivity (Wildman–Crippen MR) is 72.7 cm³/mol. The zero-order valence-corrected chi connectivity index (χ0v) is 11.9. The number of amides is 1. The summed E-state index contributed by atoms with van der Waals surface area (Å²) in [6, 6.07) is 4.75. The number of aromatic hydroxyl groups is 1. The Hall–Kier alpha value is -1.03. The molecule has 4 heteroatoms. The Balaban J connectivity index is 2.64. The van der Waals surface area contributed by atoms with Crippen LogP contribution in [0.5, 0.6) is 5.75 Å². The Labute approximate surface area is 110 Å². The molecule has 0 heterocycles. The fraction of sp³-hybridized carbons (Fsp3) is 0.462. The molecule has 0 aliphatic heterocycles. The molecule has 0 bridgehead atoms. The highest BCUT2D eigenvalue weighted by Gasteiger charge is 2.13. The van der Waals surface area contributed by atoms with E-state index in [1.54, 1.807) is 12.1 Å². The predicted octanol–water partition coefficient (Wildman–Crippen LogP) is 2.85. The number of alkyl halides is 1. The Morgan fingerprint density at radius 2 is 2.12 bits per heavy atom. The summed E-state index contributed by atoms with van der Waals surface area (Å²) in [7, 11) is 0. The van der Waals surface area contributed by atoms with Gasteiger partial charge in [0.15, 0.2) is 0 Å². The number of nitrogens with one attached hydrogen (secondary N) is 1. The third kappa shape index (κ3) is 4.04. The monoisotopic (exact) mass is 299 g/mol. The Morgan fingerprint density at radius 3 is 2.65 bits per heavy atom. The highest BCUT2D eigenvalue weighted by molar-refractivity contribution is 9.09. The van der Waals surface area contributed by atoms with Crippen LogP contribution in [0.1, 0.15) is 29.8 Å². The third-order valence-corrected chi connectivity index (χ3v) is 4.02. The van der Waals surface area contributed by atoms with E-state index < -0.39 is 0 Å². The summed E-state index contributed by atoms with van der Waals surface area (Å²) in [5, 5.41) is 12.1. The zero-order chi connectivity index (χ0) is 13.0. The largest absolute Gasteiger partial charge is 0.508 e. The van der Waals surface area contributed by atoms with Crippen molar-refractivity contribution in [2.45, 2.75) is 25.6 Å². The van der Waals surface area contributed by atoms with E-state index in [1.807, 2.05) is 6.92 Å². The van der Waals surface area contributed by atoms with Crippen molar-refractivity contribution in [3.8, 4) is 5.75 Å². The van der Waals surface area contributed by atoms with Crippen LogP contribution in [0.3, 0.4) is 0 Å². The van der Waals surface area contributed by atoms with Gasteiger partial charge >= 0.3 is 0 Å². The Kier molecular flexibility index (Phi) is 5.00. The molecule has 1 amide bonds. The van der Waals surface area contributed by atoms with Gasteiger partial charge in [0.1, 0.15) is 5.75 Å². The summed E-state index contributed by atoms with van der Waals surface area (Å²) >= 11 is 3.52. The second kappa shape index (κ2) is 6.05. The van der Waals surface area contributed by atoms with Gasteiger partial charge in [-0.25, -0.2) is 0 Å². The molecule has 0 saturated carbocycles. The number of carbonyl (C=O) groups is 1. The first-order chi connectivity index (χ1) is 7.91. The van der Waals surface area contributed by atoms with Crippen molar-refractivity contribution < 1.29 is 9.90 Å². The summed E-state index contributed by atoms with van der Waals surface area (Å²) in [5.41, 5.74) is 1.38. The van der Waals surface area contributed by atoms with Crippen molar-refractivity contribution in [2.75, 3.05) is 6.54 Å². The molecule has 1 aromatic rings. The number of carbonyl (C=O) groups excluding carboxylic acids is 1. The molecule has 17 heavy (non-hydrogen) atoms. The van der Waals surface area contributed by atoms with E-state index in [4.69, 9.17) is 0 Å². The summed E-state index contributed by atoms with van der Waals surface area (Å²) in [4.78, 5) is 12.2. The van der Waals surface area contributed by atoms with Crippen LogP contribution in [0, 0.1) is 12.8 Å². The maximum Gasteiger partial charge on any atom is 0.251 e. The van der Waals surface area contributed by atoms with Crippen molar-refractivity contribution in [1.29, 1.82) is 0 Å². The van der Waals surface area contributed by atoms with Gasteiger partial charge in [-0.2, -0.15) is 0 Å². The van der Waals surface area contributed by atoms with Crippen LogP contribution in [0.4, 0.5) is 0 Å². The van der Waals surface area contributed by atoms with Gasteiger partial charge in [0.2, 0.25) is 0 Å². The quantitative estimate of drug-likeness (QED) is 0.840. The Bertz CT molecular complexity index is 404. The molecule has 1 atom stereocenters. The van der Waals surface area contributed by atoms with E-state index in [0.29, 0.717) is 18.0 Å². The molecular formula is C13H18BrNO2. The van der Waals surface area contributed by atoms with E-state index in [0.717, 1.165) is 5.56 Å². The van der Waals surface area contributed by atoms with E-state index in [-0.39, 0.29) is 16.5 Å². The maximum atomic E-state index is 11.9. The second-order valence-corrected chi connectivity index (χ2v) is 5.65. The molecule has 1 rings (SSSR count). The third-order valence-electron chi connectivity index (χ3n) is 2.64. The normalized spacial score (nSPS) is 12.5. The van der Waals surface area contributed by atoms with Gasteiger partial charge in [-0.15, -0.1) is 0 Å². The smallest absolute Gasteiger partial charge is 0.251 e. The molecule has 0 aromatic heterocycles. The number of aryl methyl sites for hydroxylation is 1. The first kappa shape index (κ1) is 14.0. The number of hydrogen-bond donors (Lipinski definition) is 2. The lowest BCUT2D eigenvalue weighted by Crippen LogP contribution is -2.32. The second-order valence-electron chi connectivity index (χ2n) is 4.47. The molecule has 0 aliphatic carbocycles. The lowest BCUT2D eigenvalue weighted by molar-refractivity contribution is 0.0952. The molecule has 2 N–H and O–H groups in total. The number of rotatable bonds is 4. The molecule has 0 fully saturated rings. The molecule has 0 aliphatic rings. The lowest BCUT2D eigenvalue weighted by Gasteiger charge is -2.15. The number of halogens is 1. The molecule has 0 radical (unpaired) electrons. The number of phenols is 1. The minimum atomic E-state index is -0.104. The molecular weight excluding hydrogens is 282 g/mol. The molecule has 1 unspecified atom stereocenters. The van der Waals surface area contributed by atoms with Crippen molar-refractivity contribution in [3.63, 3.8) is 0 Å². The van der Waals surface area contributed by atoms with Crippen LogP contribution in [-0.4, -0.2) is 22.4 Å². The van der Waals surface area contributed by atoms with Gasteiger partial charge in [-0.3, -0.25) is 4.79 Å². The van der Waals surface area contributed by atoms with Gasteiger partial charge in [0, 0.05) is 16.9 Å². The van der Waals surface area contributed by atoms with Crippen LogP contribution >= 0.6 is 15.9 Å². The number of benzene rings is 1. The van der Waals surface area contributed by atoms with Crippen LogP contribution in [0.2, 0.25) is 0 Å². The highest BCUT2D eigenvalue weighted by Crippen LogP contribution is 2.16. The van der Waals surface area contributed by atoms with E-state index in [2.05, 4.69) is 35.1 Å². The molecule has 3 nitrogen and oxygen atoms in total. The number of phenolic OH excluding ortho intramolecular Hbond substituents is 1. The average molecular weight is 300 g/mol. The van der Waals surface area contributed by atoms with Crippen LogP contribution in [0.25, 0.3) is 0 Å². The summed E-state index contributed by atoms with van der Waals surface area (Å²) < 4.78 is 0. The van der Waals surface area contributed by atoms with Crippen molar-refractivity contribution in [2.24, 2.45) is 5.92 Å². The number of hydrogen-bond acceptors (Lipinski definition) is 2. The molecule has 0 spiro atoms. The van der Waals surface area contributed by atoms with E-state index in [9.17, 15) is 9.90 Å². The standard InChI is InChI=1S/C13H18BrNO2/c1-8(2)12(14)7-15-13(17)11-5-4-10(16)6-9(11)3/h4-6,8,12,16H,7H2,1-3H3,(H,15,17). The zero-order valence-electron chi connectivity index (χ0n) is 10.3. The van der Waals surface area contributed by atoms with Crippen molar-refractivity contribution in [3.05, 3.63) is 29.3 Å². The summed E-state index contributed by atoms with van der Waals surface area (Å²) in [5.74, 6) is 0.545. The summed E-state index contributed by atoms with van der Waals surface area (Å²) in [6.45, 7) is 6.59. The van der Waals surface area contributed by atoms with Crippen molar-refractivity contribution in [1.82, 2.24) is 5.32 Å². The first-order valence-corrected chi connectivity index (χ1v) is 6.55. The van der Waals surface area contributed by atoms with Crippen LogP contribution < -0.4 is 5.32 Å². The average Bonchev–Trinajstić information content (AvgIpc) is 2.25. The minimum absolute atomic E-state index is 0.104.